The van der Waals surface area contributed by atoms with E-state index < -0.39 is 0 Å². The minimum Gasteiger partial charge on any atom is -0.471 e. The molecule has 0 aliphatic carbocycles. The normalized spacial score (nSPS) is 11.2. The summed E-state index contributed by atoms with van der Waals surface area (Å²) in [4.78, 5) is 9.36. The van der Waals surface area contributed by atoms with E-state index in [-0.39, 0.29) is 0 Å². The van der Waals surface area contributed by atoms with Crippen molar-refractivity contribution in [1.29, 1.82) is 0 Å². The van der Waals surface area contributed by atoms with Gasteiger partial charge in [-0.15, -0.1) is 0 Å². The number of hydrogen-bond donors (Lipinski definition) is 0. The molecule has 138 valence electrons. The number of hydrogen-bond acceptors (Lipinski definition) is 3. The lowest BCUT2D eigenvalue weighted by Gasteiger charge is -2.09. The third-order valence-corrected chi connectivity index (χ3v) is 4.73. The van der Waals surface area contributed by atoms with E-state index >= 15 is 0 Å². The Balaban J connectivity index is 1.69. The summed E-state index contributed by atoms with van der Waals surface area (Å²) in [7, 11) is 0. The number of aromatic nitrogens is 2. The van der Waals surface area contributed by atoms with Crippen molar-refractivity contribution in [3.63, 3.8) is 0 Å². The molecule has 0 aliphatic rings. The monoisotopic (exact) mass is 406 g/mol. The van der Waals surface area contributed by atoms with E-state index in [1.165, 1.54) is 0 Å². The van der Waals surface area contributed by atoms with E-state index in [0.29, 0.717) is 28.2 Å². The maximum absolute atomic E-state index is 6.27. The number of ether oxygens (including phenoxy) is 1. The molecule has 4 aromatic rings. The van der Waals surface area contributed by atoms with Gasteiger partial charge in [-0.3, -0.25) is 0 Å². The molecule has 0 bridgehead atoms. The average Bonchev–Trinajstić information content (AvgIpc) is 2.72. The largest absolute Gasteiger partial charge is 0.471 e. The molecule has 0 amide bonds. The summed E-state index contributed by atoms with van der Waals surface area (Å²) in [5.74, 6) is 0.476. The molecule has 0 atom stereocenters. The Bertz CT molecular complexity index is 1140. The fourth-order valence-corrected chi connectivity index (χ4v) is 3.22. The second-order valence-electron chi connectivity index (χ2n) is 6.18. The van der Waals surface area contributed by atoms with Crippen molar-refractivity contribution in [3.05, 3.63) is 99.7 Å². The van der Waals surface area contributed by atoms with Crippen LogP contribution in [-0.2, 0) is 6.61 Å². The first-order chi connectivity index (χ1) is 13.7. The molecule has 1 heterocycles. The Morgan fingerprint density at radius 3 is 2.25 bits per heavy atom. The fraction of sp³-hybridized carbons (Fsp3) is 0.0435. The topological polar surface area (TPSA) is 35.0 Å². The standard InChI is InChI=1S/C23H16Cl2N2O/c24-18-12-10-17(19(25)14-18)11-13-22-23(28-15-16-6-2-1-3-7-16)27-21-9-5-4-8-20(21)26-22/h1-14H,15H2/b13-11+. The Hall–Kier alpha value is -2.88. The Morgan fingerprint density at radius 2 is 1.50 bits per heavy atom. The van der Waals surface area contributed by atoms with Crippen molar-refractivity contribution < 1.29 is 4.74 Å². The van der Waals surface area contributed by atoms with E-state index in [9.17, 15) is 0 Å². The number of nitrogens with zero attached hydrogens (tertiary/aromatic N) is 2. The van der Waals surface area contributed by atoms with Crippen molar-refractivity contribution >= 4 is 46.4 Å². The first-order valence-corrected chi connectivity index (χ1v) is 9.51. The zero-order valence-corrected chi connectivity index (χ0v) is 16.4. The van der Waals surface area contributed by atoms with Gasteiger partial charge in [0.25, 0.3) is 0 Å². The highest BCUT2D eigenvalue weighted by molar-refractivity contribution is 6.35. The first-order valence-electron chi connectivity index (χ1n) is 8.76. The van der Waals surface area contributed by atoms with E-state index in [2.05, 4.69) is 4.98 Å². The predicted octanol–water partition coefficient (Wildman–Crippen LogP) is 6.69. The summed E-state index contributed by atoms with van der Waals surface area (Å²) < 4.78 is 5.99. The van der Waals surface area contributed by atoms with Crippen LogP contribution in [0.1, 0.15) is 16.8 Å². The van der Waals surface area contributed by atoms with Gasteiger partial charge in [0.1, 0.15) is 12.3 Å². The van der Waals surface area contributed by atoms with Crippen molar-refractivity contribution in [1.82, 2.24) is 9.97 Å². The van der Waals surface area contributed by atoms with Gasteiger partial charge in [0, 0.05) is 10.0 Å². The van der Waals surface area contributed by atoms with Crippen LogP contribution in [0.4, 0.5) is 0 Å². The van der Waals surface area contributed by atoms with Crippen molar-refractivity contribution in [3.8, 4) is 5.88 Å². The predicted molar refractivity (Wildman–Crippen MR) is 116 cm³/mol. The first kappa shape index (κ1) is 18.5. The van der Waals surface area contributed by atoms with Gasteiger partial charge in [0.15, 0.2) is 0 Å². The maximum Gasteiger partial charge on any atom is 0.240 e. The lowest BCUT2D eigenvalue weighted by atomic mass is 10.2. The Morgan fingerprint density at radius 1 is 0.786 bits per heavy atom. The smallest absolute Gasteiger partial charge is 0.240 e. The maximum atomic E-state index is 6.27. The molecule has 0 unspecified atom stereocenters. The molecule has 28 heavy (non-hydrogen) atoms. The molecule has 5 heteroatoms. The Labute approximate surface area is 173 Å². The quantitative estimate of drug-likeness (QED) is 0.370. The Kier molecular flexibility index (Phi) is 5.56. The number of rotatable bonds is 5. The van der Waals surface area contributed by atoms with Gasteiger partial charge in [-0.05, 0) is 41.5 Å². The van der Waals surface area contributed by atoms with Crippen LogP contribution in [-0.4, -0.2) is 9.97 Å². The van der Waals surface area contributed by atoms with Crippen molar-refractivity contribution in [2.75, 3.05) is 0 Å². The zero-order chi connectivity index (χ0) is 19.3. The fourth-order valence-electron chi connectivity index (χ4n) is 2.74. The molecule has 0 saturated carbocycles. The summed E-state index contributed by atoms with van der Waals surface area (Å²) in [6, 6.07) is 23.0. The molecule has 0 radical (unpaired) electrons. The van der Waals surface area contributed by atoms with Crippen LogP contribution in [0, 0.1) is 0 Å². The van der Waals surface area contributed by atoms with E-state index in [4.69, 9.17) is 32.9 Å². The minimum atomic E-state index is 0.413. The van der Waals surface area contributed by atoms with Gasteiger partial charge in [-0.1, -0.05) is 77.8 Å². The lowest BCUT2D eigenvalue weighted by molar-refractivity contribution is 0.293. The molecule has 1 aromatic heterocycles. The van der Waals surface area contributed by atoms with E-state index in [1.54, 1.807) is 12.1 Å². The van der Waals surface area contributed by atoms with Crippen molar-refractivity contribution in [2.45, 2.75) is 6.61 Å². The van der Waals surface area contributed by atoms with Crippen LogP contribution >= 0.6 is 23.2 Å². The lowest BCUT2D eigenvalue weighted by Crippen LogP contribution is -2.01. The second-order valence-corrected chi connectivity index (χ2v) is 7.02. The molecular weight excluding hydrogens is 391 g/mol. The van der Waals surface area contributed by atoms with Crippen LogP contribution in [0.3, 0.4) is 0 Å². The summed E-state index contributed by atoms with van der Waals surface area (Å²) in [6.07, 6.45) is 3.74. The molecular formula is C23H16Cl2N2O. The van der Waals surface area contributed by atoms with Crippen LogP contribution in [0.25, 0.3) is 23.2 Å². The SMILES string of the molecule is Clc1ccc(/C=C/c2nc3ccccc3nc2OCc2ccccc2)c(Cl)c1. The molecule has 0 spiro atoms. The average molecular weight is 407 g/mol. The van der Waals surface area contributed by atoms with Gasteiger partial charge in [-0.25, -0.2) is 9.97 Å². The van der Waals surface area contributed by atoms with Gasteiger partial charge >= 0.3 is 0 Å². The molecule has 4 rings (SSSR count). The van der Waals surface area contributed by atoms with Crippen LogP contribution in [0.2, 0.25) is 10.0 Å². The van der Waals surface area contributed by atoms with Crippen LogP contribution < -0.4 is 4.74 Å². The number of halogens is 2. The molecule has 0 fully saturated rings. The molecule has 3 aromatic carbocycles. The summed E-state index contributed by atoms with van der Waals surface area (Å²) >= 11 is 12.2. The van der Waals surface area contributed by atoms with Gasteiger partial charge in [0.2, 0.25) is 5.88 Å². The number of fused-ring (bicyclic) bond motifs is 1. The van der Waals surface area contributed by atoms with Crippen LogP contribution in [0.5, 0.6) is 5.88 Å². The third-order valence-electron chi connectivity index (χ3n) is 4.17. The minimum absolute atomic E-state index is 0.413. The van der Waals surface area contributed by atoms with Gasteiger partial charge in [0.05, 0.1) is 11.0 Å². The van der Waals surface area contributed by atoms with Crippen molar-refractivity contribution in [2.24, 2.45) is 0 Å². The zero-order valence-electron chi connectivity index (χ0n) is 14.8. The molecule has 0 saturated heterocycles. The van der Waals surface area contributed by atoms with Crippen LogP contribution in [0.15, 0.2) is 72.8 Å². The second kappa shape index (κ2) is 8.42. The highest BCUT2D eigenvalue weighted by Gasteiger charge is 2.09. The number of para-hydroxylation sites is 2. The van der Waals surface area contributed by atoms with Gasteiger partial charge < -0.3 is 4.74 Å². The summed E-state index contributed by atoms with van der Waals surface area (Å²) in [5.41, 5.74) is 4.13. The third kappa shape index (κ3) is 4.33. The highest BCUT2D eigenvalue weighted by atomic mass is 35.5. The molecule has 0 N–H and O–H groups in total. The van der Waals surface area contributed by atoms with E-state index in [1.807, 2.05) is 72.8 Å². The summed E-state index contributed by atoms with van der Waals surface area (Å²) in [5, 5.41) is 1.17. The van der Waals surface area contributed by atoms with E-state index in [0.717, 1.165) is 22.2 Å². The van der Waals surface area contributed by atoms with Gasteiger partial charge in [-0.2, -0.15) is 0 Å². The molecule has 3 nitrogen and oxygen atoms in total. The summed E-state index contributed by atoms with van der Waals surface area (Å²) in [6.45, 7) is 0.413. The molecule has 0 aliphatic heterocycles. The highest BCUT2D eigenvalue weighted by Crippen LogP contribution is 2.25. The number of benzene rings is 3.